The second kappa shape index (κ2) is 9.17. The van der Waals surface area contributed by atoms with Crippen molar-refractivity contribution in [1.82, 2.24) is 4.98 Å². The summed E-state index contributed by atoms with van der Waals surface area (Å²) in [5.74, 6) is -0.441. The highest BCUT2D eigenvalue weighted by Crippen LogP contribution is 2.34. The van der Waals surface area contributed by atoms with Crippen LogP contribution in [0.1, 0.15) is 5.56 Å². The number of aromatic nitrogens is 1. The van der Waals surface area contributed by atoms with Gasteiger partial charge in [-0.05, 0) is 54.1 Å². The Morgan fingerprint density at radius 1 is 0.765 bits per heavy atom. The number of anilines is 4. The molecule has 7 heteroatoms. The van der Waals surface area contributed by atoms with Crippen LogP contribution >= 0.6 is 0 Å². The summed E-state index contributed by atoms with van der Waals surface area (Å²) in [6.07, 6.45) is 0. The number of amides is 2. The van der Waals surface area contributed by atoms with Crippen LogP contribution in [0.2, 0.25) is 0 Å². The molecule has 4 N–H and O–H groups in total. The molecule has 1 heterocycles. The first-order valence-corrected chi connectivity index (χ1v) is 10.7. The monoisotopic (exact) mass is 452 g/mol. The molecule has 0 atom stereocenters. The smallest absolute Gasteiger partial charge is 0.323 e. The van der Waals surface area contributed by atoms with E-state index in [1.54, 1.807) is 18.2 Å². The number of fused-ring (bicyclic) bond motifs is 2. The van der Waals surface area contributed by atoms with E-state index < -0.39 is 11.8 Å². The summed E-state index contributed by atoms with van der Waals surface area (Å²) in [5, 5.41) is 20.5. The number of nitrogens with zero attached hydrogens (tertiary/aromatic N) is 1. The van der Waals surface area contributed by atoms with Crippen LogP contribution in [0.3, 0.4) is 0 Å². The van der Waals surface area contributed by atoms with Crippen molar-refractivity contribution < 1.29 is 14.3 Å². The second-order valence-corrected chi connectivity index (χ2v) is 7.81. The van der Waals surface area contributed by atoms with Crippen molar-refractivity contribution >= 4 is 50.6 Å². The number of benzene rings is 4. The molecule has 4 aromatic carbocycles. The summed E-state index contributed by atoms with van der Waals surface area (Å²) in [7, 11) is 0. The van der Waals surface area contributed by atoms with Gasteiger partial charge in [-0.1, -0.05) is 42.5 Å². The highest BCUT2D eigenvalue weighted by Gasteiger charge is 2.11. The van der Waals surface area contributed by atoms with Gasteiger partial charge in [-0.15, -0.1) is 0 Å². The standard InChI is InChI=1S/C27H21FN4O2/c28-18-6-5-7-19(14-18)30-27(34)31-21-13-17(16-33)12-20(15-21)29-26-22-8-1-3-10-24(22)32-25-11-4-2-9-23(25)26/h1-15,33H,16H2,(H,29,32)(H2,30,31,34). The lowest BCUT2D eigenvalue weighted by Gasteiger charge is -2.16. The first kappa shape index (κ1) is 21.4. The molecule has 5 rings (SSSR count). The molecular weight excluding hydrogens is 431 g/mol. The molecular formula is C27H21FN4O2. The Morgan fingerprint density at radius 3 is 2.09 bits per heavy atom. The Labute approximate surface area is 195 Å². The molecule has 6 nitrogen and oxygen atoms in total. The number of aliphatic hydroxyl groups excluding tert-OH is 1. The third-order valence-corrected chi connectivity index (χ3v) is 5.37. The fraction of sp³-hybridized carbons (Fsp3) is 0.0370. The van der Waals surface area contributed by atoms with E-state index in [1.165, 1.54) is 18.2 Å². The normalized spacial score (nSPS) is 10.9. The van der Waals surface area contributed by atoms with Gasteiger partial charge in [0, 0.05) is 27.8 Å². The molecule has 2 amide bonds. The van der Waals surface area contributed by atoms with Gasteiger partial charge in [-0.3, -0.25) is 0 Å². The largest absolute Gasteiger partial charge is 0.392 e. The predicted molar refractivity (Wildman–Crippen MR) is 134 cm³/mol. The van der Waals surface area contributed by atoms with Crippen LogP contribution in [-0.2, 0) is 6.61 Å². The lowest BCUT2D eigenvalue weighted by Crippen LogP contribution is -2.19. The van der Waals surface area contributed by atoms with E-state index in [1.807, 2.05) is 54.6 Å². The molecule has 34 heavy (non-hydrogen) atoms. The van der Waals surface area contributed by atoms with Crippen molar-refractivity contribution in [3.63, 3.8) is 0 Å². The maximum atomic E-state index is 13.4. The Hall–Kier alpha value is -4.49. The van der Waals surface area contributed by atoms with Gasteiger partial charge in [-0.2, -0.15) is 0 Å². The molecule has 0 bridgehead atoms. The lowest BCUT2D eigenvalue weighted by atomic mass is 10.1. The number of hydrogen-bond acceptors (Lipinski definition) is 4. The molecule has 5 aromatic rings. The molecule has 0 radical (unpaired) electrons. The minimum absolute atomic E-state index is 0.201. The van der Waals surface area contributed by atoms with Crippen molar-refractivity contribution in [2.75, 3.05) is 16.0 Å². The number of urea groups is 1. The summed E-state index contributed by atoms with van der Waals surface area (Å²) in [5.41, 5.74) is 4.72. The van der Waals surface area contributed by atoms with Crippen molar-refractivity contribution in [1.29, 1.82) is 0 Å². The molecule has 0 aliphatic rings. The number of carbonyl (C=O) groups excluding carboxylic acids is 1. The van der Waals surface area contributed by atoms with Crippen LogP contribution in [-0.4, -0.2) is 16.1 Å². The van der Waals surface area contributed by atoms with E-state index in [2.05, 4.69) is 16.0 Å². The van der Waals surface area contributed by atoms with Gasteiger partial charge >= 0.3 is 6.03 Å². The number of nitrogens with one attached hydrogen (secondary N) is 3. The van der Waals surface area contributed by atoms with E-state index in [4.69, 9.17) is 4.98 Å². The molecule has 0 fully saturated rings. The van der Waals surface area contributed by atoms with Gasteiger partial charge in [0.15, 0.2) is 0 Å². The Kier molecular flexibility index (Phi) is 5.76. The Morgan fingerprint density at radius 2 is 1.41 bits per heavy atom. The maximum Gasteiger partial charge on any atom is 0.323 e. The zero-order chi connectivity index (χ0) is 23.5. The van der Waals surface area contributed by atoms with Crippen LogP contribution in [0.15, 0.2) is 91.0 Å². The number of rotatable bonds is 5. The number of para-hydroxylation sites is 2. The van der Waals surface area contributed by atoms with Crippen LogP contribution in [0.5, 0.6) is 0 Å². The van der Waals surface area contributed by atoms with E-state index >= 15 is 0 Å². The summed E-state index contributed by atoms with van der Waals surface area (Å²) in [6, 6.07) is 26.1. The Bertz CT molecular complexity index is 1470. The minimum Gasteiger partial charge on any atom is -0.392 e. The summed E-state index contributed by atoms with van der Waals surface area (Å²) < 4.78 is 13.4. The zero-order valence-electron chi connectivity index (χ0n) is 18.0. The number of aliphatic hydroxyl groups is 1. The predicted octanol–water partition coefficient (Wildman–Crippen LogP) is 6.41. The van der Waals surface area contributed by atoms with Crippen molar-refractivity contribution in [2.24, 2.45) is 0 Å². The average molecular weight is 452 g/mol. The van der Waals surface area contributed by atoms with Gasteiger partial charge in [0.1, 0.15) is 5.82 Å². The molecule has 0 saturated heterocycles. The number of pyridine rings is 1. The second-order valence-electron chi connectivity index (χ2n) is 7.81. The highest BCUT2D eigenvalue weighted by atomic mass is 19.1. The number of hydrogen-bond donors (Lipinski definition) is 4. The lowest BCUT2D eigenvalue weighted by molar-refractivity contribution is 0.262. The minimum atomic E-state index is -0.522. The first-order valence-electron chi connectivity index (χ1n) is 10.7. The average Bonchev–Trinajstić information content (AvgIpc) is 2.83. The molecule has 0 aliphatic carbocycles. The van der Waals surface area contributed by atoms with Crippen LogP contribution in [0, 0.1) is 5.82 Å². The molecule has 0 unspecified atom stereocenters. The van der Waals surface area contributed by atoms with Crippen LogP contribution in [0.4, 0.5) is 31.9 Å². The maximum absolute atomic E-state index is 13.4. The molecule has 0 saturated carbocycles. The topological polar surface area (TPSA) is 86.3 Å². The highest BCUT2D eigenvalue weighted by molar-refractivity contribution is 6.09. The van der Waals surface area contributed by atoms with E-state index in [0.717, 1.165) is 27.5 Å². The number of halogens is 1. The van der Waals surface area contributed by atoms with Gasteiger partial charge in [-0.25, -0.2) is 14.2 Å². The van der Waals surface area contributed by atoms with E-state index in [9.17, 15) is 14.3 Å². The number of carbonyl (C=O) groups is 1. The van der Waals surface area contributed by atoms with Crippen LogP contribution in [0.25, 0.3) is 21.8 Å². The quantitative estimate of drug-likeness (QED) is 0.232. The van der Waals surface area contributed by atoms with Gasteiger partial charge in [0.05, 0.1) is 23.3 Å². The molecule has 0 spiro atoms. The molecule has 168 valence electrons. The van der Waals surface area contributed by atoms with E-state index in [-0.39, 0.29) is 6.61 Å². The third-order valence-electron chi connectivity index (χ3n) is 5.37. The summed E-state index contributed by atoms with van der Waals surface area (Å²) >= 11 is 0. The third kappa shape index (κ3) is 4.51. The van der Waals surface area contributed by atoms with Crippen molar-refractivity contribution in [2.45, 2.75) is 6.61 Å². The first-order chi connectivity index (χ1) is 16.6. The van der Waals surface area contributed by atoms with Gasteiger partial charge in [0.25, 0.3) is 0 Å². The fourth-order valence-corrected chi connectivity index (χ4v) is 3.91. The fourth-order valence-electron chi connectivity index (χ4n) is 3.91. The Balaban J connectivity index is 1.48. The molecule has 1 aromatic heterocycles. The zero-order valence-corrected chi connectivity index (χ0v) is 18.0. The summed E-state index contributed by atoms with van der Waals surface area (Å²) in [6.45, 7) is -0.201. The van der Waals surface area contributed by atoms with Gasteiger partial charge in [0.2, 0.25) is 0 Å². The van der Waals surface area contributed by atoms with Crippen molar-refractivity contribution in [3.05, 3.63) is 102 Å². The molecule has 0 aliphatic heterocycles. The summed E-state index contributed by atoms with van der Waals surface area (Å²) in [4.78, 5) is 17.2. The SMILES string of the molecule is O=C(Nc1cccc(F)c1)Nc1cc(CO)cc(Nc2c3ccccc3nc3ccccc23)c1. The van der Waals surface area contributed by atoms with E-state index in [0.29, 0.717) is 22.6 Å². The van der Waals surface area contributed by atoms with Crippen LogP contribution < -0.4 is 16.0 Å². The van der Waals surface area contributed by atoms with Crippen molar-refractivity contribution in [3.8, 4) is 0 Å². The van der Waals surface area contributed by atoms with Gasteiger partial charge < -0.3 is 21.1 Å².